The van der Waals surface area contributed by atoms with Gasteiger partial charge in [0.25, 0.3) is 5.91 Å². The van der Waals surface area contributed by atoms with Crippen molar-refractivity contribution in [2.75, 3.05) is 19.6 Å². The van der Waals surface area contributed by atoms with E-state index in [9.17, 15) is 4.79 Å². The molecule has 4 heteroatoms. The van der Waals surface area contributed by atoms with Gasteiger partial charge >= 0.3 is 0 Å². The smallest absolute Gasteiger partial charge is 0.261 e. The van der Waals surface area contributed by atoms with Crippen LogP contribution in [0.2, 0.25) is 0 Å². The number of thiophene rings is 1. The number of carbonyl (C=O) groups is 1. The van der Waals surface area contributed by atoms with Crippen LogP contribution in [0.3, 0.4) is 0 Å². The van der Waals surface area contributed by atoms with Crippen LogP contribution in [0.25, 0.3) is 0 Å². The monoisotopic (exact) mass is 320 g/mol. The third-order valence-electron chi connectivity index (χ3n) is 4.97. The second-order valence-electron chi connectivity index (χ2n) is 6.73. The van der Waals surface area contributed by atoms with E-state index >= 15 is 0 Å². The van der Waals surface area contributed by atoms with Gasteiger partial charge in [-0.1, -0.05) is 19.8 Å². The third kappa shape index (κ3) is 3.90. The molecule has 0 bridgehead atoms. The number of hydrogen-bond acceptors (Lipinski definition) is 3. The van der Waals surface area contributed by atoms with Crippen LogP contribution in [-0.4, -0.2) is 36.5 Å². The van der Waals surface area contributed by atoms with Crippen molar-refractivity contribution in [3.63, 3.8) is 0 Å². The zero-order chi connectivity index (χ0) is 15.4. The van der Waals surface area contributed by atoms with Gasteiger partial charge in [0, 0.05) is 12.6 Å². The predicted octanol–water partition coefficient (Wildman–Crippen LogP) is 4.01. The SMILES string of the molecule is CCCCN1CCCCC1CNC(=O)c1sccc1C1CC1. The number of likely N-dealkylation sites (tertiary alicyclic amines) is 1. The van der Waals surface area contributed by atoms with Gasteiger partial charge in [-0.3, -0.25) is 9.69 Å². The molecule has 1 unspecified atom stereocenters. The van der Waals surface area contributed by atoms with Gasteiger partial charge in [-0.25, -0.2) is 0 Å². The first kappa shape index (κ1) is 16.0. The van der Waals surface area contributed by atoms with E-state index in [0.717, 1.165) is 11.4 Å². The Bertz CT molecular complexity index is 495. The number of unbranched alkanes of at least 4 members (excludes halogenated alkanes) is 1. The molecule has 0 spiro atoms. The van der Waals surface area contributed by atoms with Gasteiger partial charge in [-0.15, -0.1) is 11.3 Å². The first-order valence-corrected chi connectivity index (χ1v) is 9.77. The van der Waals surface area contributed by atoms with Crippen LogP contribution < -0.4 is 5.32 Å². The Labute approximate surface area is 138 Å². The fourth-order valence-corrected chi connectivity index (χ4v) is 4.36. The number of amides is 1. The Hall–Kier alpha value is -0.870. The van der Waals surface area contributed by atoms with Crippen LogP contribution in [0.1, 0.15) is 73.0 Å². The molecule has 1 amide bonds. The number of hydrogen-bond donors (Lipinski definition) is 1. The van der Waals surface area contributed by atoms with E-state index in [0.29, 0.717) is 12.0 Å². The highest BCUT2D eigenvalue weighted by Gasteiger charge is 2.29. The lowest BCUT2D eigenvalue weighted by Gasteiger charge is -2.35. The highest BCUT2D eigenvalue weighted by Crippen LogP contribution is 2.43. The normalized spacial score (nSPS) is 22.7. The van der Waals surface area contributed by atoms with Gasteiger partial charge in [0.15, 0.2) is 0 Å². The Morgan fingerprint density at radius 1 is 1.36 bits per heavy atom. The van der Waals surface area contributed by atoms with Gasteiger partial charge in [0.1, 0.15) is 0 Å². The van der Waals surface area contributed by atoms with Crippen molar-refractivity contribution in [3.8, 4) is 0 Å². The molecule has 1 atom stereocenters. The number of rotatable bonds is 7. The van der Waals surface area contributed by atoms with Gasteiger partial charge in [0.2, 0.25) is 0 Å². The average Bonchev–Trinajstić information content (AvgIpc) is 3.28. The summed E-state index contributed by atoms with van der Waals surface area (Å²) in [7, 11) is 0. The number of nitrogens with one attached hydrogen (secondary N) is 1. The molecular formula is C18H28N2OS. The van der Waals surface area contributed by atoms with Crippen LogP contribution in [0.5, 0.6) is 0 Å². The molecule has 3 nitrogen and oxygen atoms in total. The van der Waals surface area contributed by atoms with Crippen molar-refractivity contribution >= 4 is 17.2 Å². The molecule has 2 fully saturated rings. The molecule has 1 saturated heterocycles. The molecule has 1 saturated carbocycles. The lowest BCUT2D eigenvalue weighted by atomic mass is 10.0. The van der Waals surface area contributed by atoms with E-state index in [1.807, 2.05) is 0 Å². The fraction of sp³-hybridized carbons (Fsp3) is 0.722. The summed E-state index contributed by atoms with van der Waals surface area (Å²) in [6.45, 7) is 5.44. The molecule has 2 heterocycles. The number of carbonyl (C=O) groups excluding carboxylic acids is 1. The molecule has 1 aliphatic heterocycles. The Morgan fingerprint density at radius 3 is 3.00 bits per heavy atom. The molecule has 22 heavy (non-hydrogen) atoms. The minimum Gasteiger partial charge on any atom is -0.350 e. The van der Waals surface area contributed by atoms with Crippen LogP contribution >= 0.6 is 11.3 Å². The van der Waals surface area contributed by atoms with E-state index in [2.05, 4.69) is 28.6 Å². The maximum Gasteiger partial charge on any atom is 0.261 e. The van der Waals surface area contributed by atoms with E-state index in [1.54, 1.807) is 11.3 Å². The van der Waals surface area contributed by atoms with Crippen LogP contribution in [0.15, 0.2) is 11.4 Å². The van der Waals surface area contributed by atoms with Crippen molar-refractivity contribution in [2.24, 2.45) is 0 Å². The Morgan fingerprint density at radius 2 is 2.23 bits per heavy atom. The van der Waals surface area contributed by atoms with Gasteiger partial charge < -0.3 is 5.32 Å². The van der Waals surface area contributed by atoms with Crippen molar-refractivity contribution < 1.29 is 4.79 Å². The maximum absolute atomic E-state index is 12.5. The minimum absolute atomic E-state index is 0.151. The van der Waals surface area contributed by atoms with Crippen molar-refractivity contribution in [1.82, 2.24) is 10.2 Å². The summed E-state index contributed by atoms with van der Waals surface area (Å²) in [5.74, 6) is 0.806. The van der Waals surface area contributed by atoms with Crippen molar-refractivity contribution in [2.45, 2.75) is 63.8 Å². The summed E-state index contributed by atoms with van der Waals surface area (Å²) < 4.78 is 0. The quantitative estimate of drug-likeness (QED) is 0.823. The fourth-order valence-electron chi connectivity index (χ4n) is 3.46. The standard InChI is InChI=1S/C18H28N2OS/c1-2-3-10-20-11-5-4-6-15(20)13-19-18(21)17-16(9-12-22-17)14-7-8-14/h9,12,14-15H,2-8,10-11,13H2,1H3,(H,19,21). The summed E-state index contributed by atoms with van der Waals surface area (Å²) >= 11 is 1.60. The van der Waals surface area contributed by atoms with Crippen LogP contribution in [0, 0.1) is 0 Å². The van der Waals surface area contributed by atoms with Gasteiger partial charge in [0.05, 0.1) is 4.88 Å². The first-order valence-electron chi connectivity index (χ1n) is 8.89. The molecule has 122 valence electrons. The summed E-state index contributed by atoms with van der Waals surface area (Å²) in [6.07, 6.45) is 8.86. The van der Waals surface area contributed by atoms with Crippen molar-refractivity contribution in [1.29, 1.82) is 0 Å². The highest BCUT2D eigenvalue weighted by atomic mass is 32.1. The Kier molecular flexibility index (Phi) is 5.53. The van der Waals surface area contributed by atoms with E-state index < -0.39 is 0 Å². The molecular weight excluding hydrogens is 292 g/mol. The van der Waals surface area contributed by atoms with E-state index in [-0.39, 0.29) is 5.91 Å². The molecule has 2 aliphatic rings. The molecule has 1 N–H and O–H groups in total. The highest BCUT2D eigenvalue weighted by molar-refractivity contribution is 7.12. The molecule has 3 rings (SSSR count). The van der Waals surface area contributed by atoms with E-state index in [1.165, 1.54) is 63.6 Å². The minimum atomic E-state index is 0.151. The predicted molar refractivity (Wildman–Crippen MR) is 92.7 cm³/mol. The molecule has 1 aromatic heterocycles. The summed E-state index contributed by atoms with van der Waals surface area (Å²) in [5, 5.41) is 5.28. The molecule has 1 aliphatic carbocycles. The number of piperidine rings is 1. The third-order valence-corrected chi connectivity index (χ3v) is 5.89. The summed E-state index contributed by atoms with van der Waals surface area (Å²) in [6, 6.07) is 2.68. The zero-order valence-electron chi connectivity index (χ0n) is 13.6. The Balaban J connectivity index is 1.53. The lowest BCUT2D eigenvalue weighted by molar-refractivity contribution is 0.0915. The van der Waals surface area contributed by atoms with E-state index in [4.69, 9.17) is 0 Å². The van der Waals surface area contributed by atoms with Gasteiger partial charge in [-0.2, -0.15) is 0 Å². The molecule has 1 aromatic rings. The van der Waals surface area contributed by atoms with Crippen LogP contribution in [-0.2, 0) is 0 Å². The zero-order valence-corrected chi connectivity index (χ0v) is 14.5. The first-order chi connectivity index (χ1) is 10.8. The lowest BCUT2D eigenvalue weighted by Crippen LogP contribution is -2.47. The number of nitrogens with zero attached hydrogens (tertiary/aromatic N) is 1. The summed E-state index contributed by atoms with van der Waals surface area (Å²) in [4.78, 5) is 16.0. The van der Waals surface area contributed by atoms with Gasteiger partial charge in [-0.05, 0) is 68.1 Å². The average molecular weight is 321 g/mol. The van der Waals surface area contributed by atoms with Crippen LogP contribution in [0.4, 0.5) is 0 Å². The second kappa shape index (κ2) is 7.60. The van der Waals surface area contributed by atoms with Crippen molar-refractivity contribution in [3.05, 3.63) is 21.9 Å². The topological polar surface area (TPSA) is 32.3 Å². The maximum atomic E-state index is 12.5. The molecule has 0 radical (unpaired) electrons. The second-order valence-corrected chi connectivity index (χ2v) is 7.64. The summed E-state index contributed by atoms with van der Waals surface area (Å²) in [5.41, 5.74) is 1.29. The largest absolute Gasteiger partial charge is 0.350 e. The molecule has 0 aromatic carbocycles.